The largest absolute Gasteiger partial charge is 0.464 e. The molecule has 0 saturated carbocycles. The Kier molecular flexibility index (Phi) is 6.56. The van der Waals surface area contributed by atoms with Crippen molar-refractivity contribution in [1.82, 2.24) is 0 Å². The van der Waals surface area contributed by atoms with Gasteiger partial charge < -0.3 is 4.74 Å². The van der Waals surface area contributed by atoms with Crippen LogP contribution in [0.4, 0.5) is 0 Å². The molecule has 1 unspecified atom stereocenters. The van der Waals surface area contributed by atoms with Crippen LogP contribution < -0.4 is 0 Å². The van der Waals surface area contributed by atoms with E-state index in [0.717, 1.165) is 19.3 Å². The molecule has 0 fully saturated rings. The predicted molar refractivity (Wildman–Crippen MR) is 58.0 cm³/mol. The highest BCUT2D eigenvalue weighted by atomic mass is 79.9. The maximum absolute atomic E-state index is 11.4. The van der Waals surface area contributed by atoms with E-state index in [4.69, 9.17) is 10.00 Å². The van der Waals surface area contributed by atoms with Gasteiger partial charge in [-0.25, -0.2) is 4.79 Å². The first-order valence-electron chi connectivity index (χ1n) is 4.88. The van der Waals surface area contributed by atoms with Gasteiger partial charge in [0.25, 0.3) is 0 Å². The summed E-state index contributed by atoms with van der Waals surface area (Å²) in [5, 5.41) is 8.88. The third kappa shape index (κ3) is 4.10. The van der Waals surface area contributed by atoms with Crippen LogP contribution in [0, 0.1) is 11.3 Å². The number of nitrogens with zero attached hydrogens (tertiary/aromatic N) is 1. The molecule has 0 spiro atoms. The fraction of sp³-hybridized carbons (Fsp3) is 0.800. The van der Waals surface area contributed by atoms with Gasteiger partial charge in [-0.15, -0.1) is 0 Å². The highest BCUT2D eigenvalue weighted by Crippen LogP contribution is 2.26. The van der Waals surface area contributed by atoms with Crippen LogP contribution >= 0.6 is 15.9 Å². The van der Waals surface area contributed by atoms with E-state index in [2.05, 4.69) is 22.9 Å². The fourth-order valence-corrected chi connectivity index (χ4v) is 1.46. The summed E-state index contributed by atoms with van der Waals surface area (Å²) in [6.07, 6.45) is 3.45. The SMILES string of the molecule is CCCCCC(Br)(C#N)C(=O)OCC. The summed E-state index contributed by atoms with van der Waals surface area (Å²) >= 11 is 3.15. The molecule has 0 rings (SSSR count). The molecule has 0 aliphatic carbocycles. The zero-order valence-electron chi connectivity index (χ0n) is 8.68. The van der Waals surface area contributed by atoms with E-state index in [-0.39, 0.29) is 0 Å². The molecule has 0 aromatic heterocycles. The topological polar surface area (TPSA) is 50.1 Å². The molecule has 14 heavy (non-hydrogen) atoms. The minimum atomic E-state index is -1.14. The average molecular weight is 262 g/mol. The summed E-state index contributed by atoms with van der Waals surface area (Å²) in [7, 11) is 0. The number of ether oxygens (including phenoxy) is 1. The first-order valence-corrected chi connectivity index (χ1v) is 5.67. The van der Waals surface area contributed by atoms with Crippen molar-refractivity contribution in [2.24, 2.45) is 0 Å². The maximum Gasteiger partial charge on any atom is 0.337 e. The Morgan fingerprint density at radius 1 is 1.50 bits per heavy atom. The van der Waals surface area contributed by atoms with Crippen LogP contribution in [0.25, 0.3) is 0 Å². The third-order valence-corrected chi connectivity index (χ3v) is 2.80. The zero-order chi connectivity index (χ0) is 11.0. The molecule has 0 amide bonds. The quantitative estimate of drug-likeness (QED) is 0.420. The summed E-state index contributed by atoms with van der Waals surface area (Å²) in [4.78, 5) is 11.4. The van der Waals surface area contributed by atoms with Gasteiger partial charge in [0.1, 0.15) is 0 Å². The molecule has 0 bridgehead atoms. The highest BCUT2D eigenvalue weighted by Gasteiger charge is 2.36. The van der Waals surface area contributed by atoms with Gasteiger partial charge in [-0.3, -0.25) is 0 Å². The maximum atomic E-state index is 11.4. The van der Waals surface area contributed by atoms with Crippen molar-refractivity contribution in [2.45, 2.75) is 43.9 Å². The van der Waals surface area contributed by atoms with Crippen LogP contribution in [0.1, 0.15) is 39.5 Å². The molecular formula is C10H16BrNO2. The standard InChI is InChI=1S/C10H16BrNO2/c1-3-5-6-7-10(11,8-12)9(13)14-4-2/h3-7H2,1-2H3. The molecule has 4 heteroatoms. The molecule has 0 aromatic rings. The normalized spacial score (nSPS) is 14.1. The van der Waals surface area contributed by atoms with Crippen molar-refractivity contribution in [1.29, 1.82) is 5.26 Å². The van der Waals surface area contributed by atoms with Crippen LogP contribution in [-0.2, 0) is 9.53 Å². The Bertz CT molecular complexity index is 225. The number of esters is 1. The van der Waals surface area contributed by atoms with E-state index in [0.29, 0.717) is 13.0 Å². The van der Waals surface area contributed by atoms with Gasteiger partial charge in [0.15, 0.2) is 0 Å². The average Bonchev–Trinajstić information content (AvgIpc) is 2.18. The lowest BCUT2D eigenvalue weighted by Crippen LogP contribution is -2.32. The number of unbranched alkanes of at least 4 members (excludes halogenated alkanes) is 2. The number of nitriles is 1. The molecule has 0 saturated heterocycles. The van der Waals surface area contributed by atoms with Crippen LogP contribution in [0.3, 0.4) is 0 Å². The van der Waals surface area contributed by atoms with Crippen molar-refractivity contribution in [3.63, 3.8) is 0 Å². The van der Waals surface area contributed by atoms with Crippen molar-refractivity contribution in [2.75, 3.05) is 6.61 Å². The molecule has 3 nitrogen and oxygen atoms in total. The van der Waals surface area contributed by atoms with E-state index in [1.165, 1.54) is 0 Å². The highest BCUT2D eigenvalue weighted by molar-refractivity contribution is 9.10. The lowest BCUT2D eigenvalue weighted by Gasteiger charge is -2.16. The second kappa shape index (κ2) is 6.83. The Hall–Kier alpha value is -0.560. The second-order valence-electron chi connectivity index (χ2n) is 3.09. The number of rotatable bonds is 6. The summed E-state index contributed by atoms with van der Waals surface area (Å²) in [5.74, 6) is -0.474. The molecule has 0 aliphatic rings. The van der Waals surface area contributed by atoms with Gasteiger partial charge in [-0.1, -0.05) is 42.1 Å². The van der Waals surface area contributed by atoms with Gasteiger partial charge in [0.05, 0.1) is 12.7 Å². The van der Waals surface area contributed by atoms with Crippen LogP contribution in [0.15, 0.2) is 0 Å². The zero-order valence-corrected chi connectivity index (χ0v) is 10.3. The number of carbonyl (C=O) groups excluding carboxylic acids is 1. The summed E-state index contributed by atoms with van der Waals surface area (Å²) in [5.41, 5.74) is 0. The molecule has 1 atom stereocenters. The second-order valence-corrected chi connectivity index (χ2v) is 4.44. The monoisotopic (exact) mass is 261 g/mol. The van der Waals surface area contributed by atoms with Gasteiger partial charge in [-0.05, 0) is 13.3 Å². The molecule has 0 radical (unpaired) electrons. The van der Waals surface area contributed by atoms with Crippen molar-refractivity contribution in [3.8, 4) is 6.07 Å². The van der Waals surface area contributed by atoms with E-state index in [9.17, 15) is 4.79 Å². The Labute approximate surface area is 93.6 Å². The van der Waals surface area contributed by atoms with Gasteiger partial charge in [0.2, 0.25) is 4.32 Å². The van der Waals surface area contributed by atoms with Crippen LogP contribution in [0.2, 0.25) is 0 Å². The van der Waals surface area contributed by atoms with E-state index in [1.54, 1.807) is 6.92 Å². The number of alkyl halides is 1. The van der Waals surface area contributed by atoms with Crippen molar-refractivity contribution < 1.29 is 9.53 Å². The Morgan fingerprint density at radius 3 is 2.57 bits per heavy atom. The Balaban J connectivity index is 4.18. The van der Waals surface area contributed by atoms with Crippen molar-refractivity contribution >= 4 is 21.9 Å². The van der Waals surface area contributed by atoms with Gasteiger partial charge in [-0.2, -0.15) is 5.26 Å². The van der Waals surface area contributed by atoms with E-state index in [1.807, 2.05) is 6.07 Å². The van der Waals surface area contributed by atoms with Gasteiger partial charge in [0, 0.05) is 0 Å². The number of carbonyl (C=O) groups is 1. The van der Waals surface area contributed by atoms with E-state index < -0.39 is 10.3 Å². The lowest BCUT2D eigenvalue weighted by molar-refractivity contribution is -0.144. The van der Waals surface area contributed by atoms with Crippen LogP contribution in [0.5, 0.6) is 0 Å². The minimum Gasteiger partial charge on any atom is -0.464 e. The van der Waals surface area contributed by atoms with Crippen molar-refractivity contribution in [3.05, 3.63) is 0 Å². The third-order valence-electron chi connectivity index (χ3n) is 1.90. The first kappa shape index (κ1) is 13.4. The lowest BCUT2D eigenvalue weighted by atomic mass is 10.0. The minimum absolute atomic E-state index is 0.307. The predicted octanol–water partition coefficient (Wildman–Crippen LogP) is 2.79. The molecule has 0 aromatic carbocycles. The first-order chi connectivity index (χ1) is 6.60. The molecule has 80 valence electrons. The van der Waals surface area contributed by atoms with Crippen LogP contribution in [-0.4, -0.2) is 16.9 Å². The van der Waals surface area contributed by atoms with E-state index >= 15 is 0 Å². The Morgan fingerprint density at radius 2 is 2.14 bits per heavy atom. The molecular weight excluding hydrogens is 246 g/mol. The number of hydrogen-bond acceptors (Lipinski definition) is 3. The van der Waals surface area contributed by atoms with Gasteiger partial charge >= 0.3 is 5.97 Å². The molecule has 0 aliphatic heterocycles. The smallest absolute Gasteiger partial charge is 0.337 e. The molecule has 0 heterocycles. The number of halogens is 1. The number of hydrogen-bond donors (Lipinski definition) is 0. The summed E-state index contributed by atoms with van der Waals surface area (Å²) in [6.45, 7) is 4.11. The summed E-state index contributed by atoms with van der Waals surface area (Å²) < 4.78 is 3.68. The fourth-order valence-electron chi connectivity index (χ4n) is 1.07. The molecule has 0 N–H and O–H groups in total. The summed E-state index contributed by atoms with van der Waals surface area (Å²) in [6, 6.07) is 1.96.